The van der Waals surface area contributed by atoms with Crippen LogP contribution in [-0.2, 0) is 13.1 Å². The summed E-state index contributed by atoms with van der Waals surface area (Å²) in [5, 5.41) is 0. The first-order valence-corrected chi connectivity index (χ1v) is 4.79. The third-order valence-electron chi connectivity index (χ3n) is 2.19. The first-order chi connectivity index (χ1) is 5.07. The minimum atomic E-state index is 1.14. The second-order valence-electron chi connectivity index (χ2n) is 4.06. The van der Waals surface area contributed by atoms with E-state index in [1.807, 2.05) is 11.3 Å². The second kappa shape index (κ2) is 2.08. The monoisotopic (exact) mass is 168 g/mol. The topological polar surface area (TPSA) is 0 Å². The van der Waals surface area contributed by atoms with Crippen molar-refractivity contribution in [2.45, 2.75) is 20.0 Å². The highest BCUT2D eigenvalue weighted by atomic mass is 32.1. The Morgan fingerprint density at radius 1 is 1.36 bits per heavy atom. The van der Waals surface area contributed by atoms with Gasteiger partial charge in [-0.3, -0.25) is 0 Å². The molecule has 2 heterocycles. The van der Waals surface area contributed by atoms with E-state index in [0.717, 1.165) is 4.48 Å². The first-order valence-electron chi connectivity index (χ1n) is 3.97. The fourth-order valence-corrected chi connectivity index (χ4v) is 3.05. The van der Waals surface area contributed by atoms with Crippen LogP contribution in [0.4, 0.5) is 0 Å². The van der Waals surface area contributed by atoms with Gasteiger partial charge >= 0.3 is 0 Å². The summed E-state index contributed by atoms with van der Waals surface area (Å²) < 4.78 is 1.14. The van der Waals surface area contributed by atoms with Crippen molar-refractivity contribution in [3.8, 4) is 0 Å². The van der Waals surface area contributed by atoms with Crippen molar-refractivity contribution in [2.24, 2.45) is 0 Å². The molecule has 0 aliphatic carbocycles. The molecule has 2 heteroatoms. The fourth-order valence-electron chi connectivity index (χ4n) is 1.79. The smallest absolute Gasteiger partial charge is 0.114 e. The van der Waals surface area contributed by atoms with Crippen LogP contribution >= 0.6 is 11.3 Å². The molecule has 0 N–H and O–H groups in total. The van der Waals surface area contributed by atoms with E-state index < -0.39 is 0 Å². The summed E-state index contributed by atoms with van der Waals surface area (Å²) in [6.07, 6.45) is 0. The average Bonchev–Trinajstić information content (AvgIpc) is 2.17. The molecule has 0 spiro atoms. The van der Waals surface area contributed by atoms with E-state index in [1.165, 1.54) is 18.0 Å². The van der Waals surface area contributed by atoms with Crippen molar-refractivity contribution >= 4 is 11.3 Å². The van der Waals surface area contributed by atoms with Gasteiger partial charge in [-0.05, 0) is 13.0 Å². The Labute approximate surface area is 71.9 Å². The van der Waals surface area contributed by atoms with Crippen LogP contribution in [0.25, 0.3) is 0 Å². The van der Waals surface area contributed by atoms with Gasteiger partial charge in [-0.25, -0.2) is 0 Å². The van der Waals surface area contributed by atoms with E-state index in [-0.39, 0.29) is 0 Å². The molecule has 0 atom stereocenters. The van der Waals surface area contributed by atoms with E-state index in [0.29, 0.717) is 0 Å². The maximum atomic E-state index is 2.34. The van der Waals surface area contributed by atoms with Crippen LogP contribution in [0.3, 0.4) is 0 Å². The number of quaternary nitrogens is 1. The Morgan fingerprint density at radius 3 is 2.73 bits per heavy atom. The van der Waals surface area contributed by atoms with Crippen LogP contribution in [0.15, 0.2) is 6.07 Å². The van der Waals surface area contributed by atoms with Crippen molar-refractivity contribution in [3.63, 3.8) is 0 Å². The molecule has 0 saturated carbocycles. The van der Waals surface area contributed by atoms with Crippen LogP contribution in [0.1, 0.15) is 15.3 Å². The standard InChI is InChI=1S/C9H14NS/c1-7-4-8-5-10(2,3)6-9(8)11-7/h4H,5-6H2,1-3H3/q+1. The molecule has 0 amide bonds. The molecule has 0 aromatic carbocycles. The quantitative estimate of drug-likeness (QED) is 0.521. The Bertz CT molecular complexity index is 260. The number of fused-ring (bicyclic) bond motifs is 1. The summed E-state index contributed by atoms with van der Waals surface area (Å²) in [4.78, 5) is 3.07. The average molecular weight is 168 g/mol. The maximum absolute atomic E-state index is 2.34. The lowest BCUT2D eigenvalue weighted by atomic mass is 10.3. The molecule has 0 radical (unpaired) electrons. The molecule has 1 nitrogen and oxygen atoms in total. The Kier molecular flexibility index (Phi) is 1.38. The van der Waals surface area contributed by atoms with E-state index >= 15 is 0 Å². The Hall–Kier alpha value is -0.340. The molecule has 1 aliphatic rings. The molecule has 1 aromatic rings. The van der Waals surface area contributed by atoms with Gasteiger partial charge in [0.1, 0.15) is 13.1 Å². The van der Waals surface area contributed by atoms with Crippen molar-refractivity contribution in [2.75, 3.05) is 14.1 Å². The zero-order valence-corrected chi connectivity index (χ0v) is 8.16. The number of thiophene rings is 1. The lowest BCUT2D eigenvalue weighted by molar-refractivity contribution is -0.909. The van der Waals surface area contributed by atoms with Gasteiger partial charge in [0, 0.05) is 10.4 Å². The maximum Gasteiger partial charge on any atom is 0.114 e. The number of rotatable bonds is 0. The zero-order valence-electron chi connectivity index (χ0n) is 7.35. The highest BCUT2D eigenvalue weighted by molar-refractivity contribution is 7.12. The second-order valence-corrected chi connectivity index (χ2v) is 5.40. The molecular formula is C9H14NS+. The van der Waals surface area contributed by atoms with E-state index in [1.54, 1.807) is 10.4 Å². The first kappa shape index (κ1) is 7.32. The van der Waals surface area contributed by atoms with Crippen LogP contribution in [-0.4, -0.2) is 18.6 Å². The normalized spacial score (nSPS) is 20.3. The van der Waals surface area contributed by atoms with Crippen molar-refractivity contribution in [1.29, 1.82) is 0 Å². The van der Waals surface area contributed by atoms with Gasteiger partial charge in [-0.2, -0.15) is 0 Å². The van der Waals surface area contributed by atoms with Crippen LogP contribution < -0.4 is 0 Å². The number of hydrogen-bond acceptors (Lipinski definition) is 1. The third-order valence-corrected chi connectivity index (χ3v) is 3.27. The predicted octanol–water partition coefficient (Wildman–Crippen LogP) is 2.15. The number of aryl methyl sites for hydroxylation is 1. The largest absolute Gasteiger partial charge is 0.320 e. The summed E-state index contributed by atoms with van der Waals surface area (Å²) in [7, 11) is 4.59. The van der Waals surface area contributed by atoms with E-state index in [4.69, 9.17) is 0 Å². The van der Waals surface area contributed by atoms with E-state index in [9.17, 15) is 0 Å². The van der Waals surface area contributed by atoms with Gasteiger partial charge in [-0.1, -0.05) is 0 Å². The number of hydrogen-bond donors (Lipinski definition) is 0. The fraction of sp³-hybridized carbons (Fsp3) is 0.556. The van der Waals surface area contributed by atoms with Gasteiger partial charge in [0.2, 0.25) is 0 Å². The molecule has 0 saturated heterocycles. The molecule has 1 aliphatic heterocycles. The van der Waals surface area contributed by atoms with Crippen molar-refractivity contribution in [3.05, 3.63) is 21.4 Å². The minimum absolute atomic E-state index is 1.14. The molecule has 60 valence electrons. The summed E-state index contributed by atoms with van der Waals surface area (Å²) in [6, 6.07) is 2.34. The van der Waals surface area contributed by atoms with Crippen molar-refractivity contribution in [1.82, 2.24) is 0 Å². The minimum Gasteiger partial charge on any atom is -0.320 e. The Balaban J connectivity index is 2.37. The predicted molar refractivity (Wildman–Crippen MR) is 48.6 cm³/mol. The lowest BCUT2D eigenvalue weighted by Gasteiger charge is -2.22. The third kappa shape index (κ3) is 1.21. The molecular weight excluding hydrogens is 154 g/mol. The van der Waals surface area contributed by atoms with Crippen LogP contribution in [0, 0.1) is 6.92 Å². The Morgan fingerprint density at radius 2 is 2.09 bits per heavy atom. The molecule has 2 rings (SSSR count). The molecule has 0 bridgehead atoms. The SMILES string of the molecule is Cc1cc2c(s1)C[N+](C)(C)C2. The molecule has 0 unspecified atom stereocenters. The van der Waals surface area contributed by atoms with E-state index in [2.05, 4.69) is 27.1 Å². The highest BCUT2D eigenvalue weighted by Gasteiger charge is 2.29. The summed E-state index contributed by atoms with van der Waals surface area (Å²) in [5.74, 6) is 0. The summed E-state index contributed by atoms with van der Waals surface area (Å²) in [6.45, 7) is 4.65. The van der Waals surface area contributed by atoms with Gasteiger partial charge in [0.05, 0.1) is 19.0 Å². The van der Waals surface area contributed by atoms with Gasteiger partial charge in [0.15, 0.2) is 0 Å². The van der Waals surface area contributed by atoms with Crippen LogP contribution in [0.2, 0.25) is 0 Å². The molecule has 11 heavy (non-hydrogen) atoms. The molecule has 0 fully saturated rings. The van der Waals surface area contributed by atoms with Crippen molar-refractivity contribution < 1.29 is 4.48 Å². The lowest BCUT2D eigenvalue weighted by Crippen LogP contribution is -2.32. The molecule has 1 aromatic heterocycles. The van der Waals surface area contributed by atoms with Gasteiger partial charge in [0.25, 0.3) is 0 Å². The van der Waals surface area contributed by atoms with Gasteiger partial charge in [-0.15, -0.1) is 11.3 Å². The highest BCUT2D eigenvalue weighted by Crippen LogP contribution is 2.32. The van der Waals surface area contributed by atoms with Gasteiger partial charge < -0.3 is 4.48 Å². The summed E-state index contributed by atoms with van der Waals surface area (Å²) >= 11 is 1.96. The summed E-state index contributed by atoms with van der Waals surface area (Å²) in [5.41, 5.74) is 1.58. The zero-order chi connectivity index (χ0) is 8.06. The van der Waals surface area contributed by atoms with Crippen LogP contribution in [0.5, 0.6) is 0 Å². The number of nitrogens with zero attached hydrogens (tertiary/aromatic N) is 1.